The van der Waals surface area contributed by atoms with Crippen LogP contribution in [0.3, 0.4) is 0 Å². The van der Waals surface area contributed by atoms with Gasteiger partial charge < -0.3 is 19.8 Å². The van der Waals surface area contributed by atoms with Crippen molar-refractivity contribution >= 4 is 13.7 Å². The van der Waals surface area contributed by atoms with E-state index in [1.165, 1.54) is 353 Å². The molecule has 0 aromatic rings. The molecular weight excluding hydrogens is 1120 g/mol. The Morgan fingerprint density at radius 1 is 0.371 bits per heavy atom. The van der Waals surface area contributed by atoms with E-state index in [1.807, 2.05) is 27.2 Å². The Balaban J connectivity index is 3.99. The molecule has 0 aliphatic carbocycles. The normalized spacial score (nSPS) is 13.7. The largest absolute Gasteiger partial charge is 0.472 e. The van der Waals surface area contributed by atoms with Crippen LogP contribution in [0.25, 0.3) is 0 Å². The van der Waals surface area contributed by atoms with E-state index in [0.29, 0.717) is 17.4 Å². The van der Waals surface area contributed by atoms with Crippen LogP contribution in [-0.4, -0.2) is 73.4 Å². The van der Waals surface area contributed by atoms with Crippen LogP contribution in [-0.2, 0) is 18.4 Å². The molecule has 8 nitrogen and oxygen atoms in total. The van der Waals surface area contributed by atoms with E-state index in [0.717, 1.165) is 44.9 Å². The number of nitrogens with zero attached hydrogens (tertiary/aromatic N) is 1. The number of allylic oxidation sites excluding steroid dienone is 5. The minimum Gasteiger partial charge on any atom is -0.387 e. The molecule has 3 unspecified atom stereocenters. The lowest BCUT2D eigenvalue weighted by Crippen LogP contribution is -2.45. The van der Waals surface area contributed by atoms with Gasteiger partial charge >= 0.3 is 7.82 Å². The molecule has 0 saturated heterocycles. The number of carbonyl (C=O) groups is 1. The molecule has 9 heteroatoms. The quantitative estimate of drug-likeness (QED) is 0.0243. The van der Waals surface area contributed by atoms with Gasteiger partial charge in [0, 0.05) is 6.42 Å². The Morgan fingerprint density at radius 3 is 0.899 bits per heavy atom. The minimum atomic E-state index is -4.37. The number of rotatable bonds is 75. The average Bonchev–Trinajstić information content (AvgIpc) is 3.69. The lowest BCUT2D eigenvalue weighted by atomic mass is 10.0. The van der Waals surface area contributed by atoms with Crippen molar-refractivity contribution in [2.45, 2.75) is 431 Å². The first kappa shape index (κ1) is 87.7. The van der Waals surface area contributed by atoms with Gasteiger partial charge in [-0.3, -0.25) is 13.8 Å². The van der Waals surface area contributed by atoms with E-state index in [2.05, 4.69) is 43.5 Å². The maximum absolute atomic E-state index is 13.1. The Kier molecular flexibility index (Phi) is 70.0. The number of likely N-dealkylation sites (N-methyl/N-ethyl adjacent to an activating group) is 1. The van der Waals surface area contributed by atoms with Crippen molar-refractivity contribution < 1.29 is 32.9 Å². The van der Waals surface area contributed by atoms with Gasteiger partial charge in [-0.1, -0.05) is 403 Å². The van der Waals surface area contributed by atoms with E-state index >= 15 is 0 Å². The summed E-state index contributed by atoms with van der Waals surface area (Å²) in [4.78, 5) is 23.5. The Hall–Kier alpha value is -1.28. The molecule has 0 rings (SSSR count). The smallest absolute Gasteiger partial charge is 0.387 e. The van der Waals surface area contributed by atoms with Gasteiger partial charge in [0.15, 0.2) is 0 Å². The minimum absolute atomic E-state index is 0.0556. The fourth-order valence-corrected chi connectivity index (χ4v) is 13.2. The molecule has 0 aliphatic rings. The summed E-state index contributed by atoms with van der Waals surface area (Å²) in [5.41, 5.74) is 0. The SMILES string of the molecule is CCCCCCCCCCCCCCCCCCCCCCC/C=C/CC/C=C/CC/C=C/C(O)C(COP(=O)(O)OCC[N+](C)(C)C)NC(=O)CCCCCCCCCCCCCCCCCCCCCCCCCCCCCCCCCCCCCC. The highest BCUT2D eigenvalue weighted by molar-refractivity contribution is 7.47. The zero-order valence-corrected chi connectivity index (χ0v) is 61.6. The van der Waals surface area contributed by atoms with Gasteiger partial charge in [-0.25, -0.2) is 4.57 Å². The second kappa shape index (κ2) is 71.0. The molecule has 528 valence electrons. The molecule has 89 heavy (non-hydrogen) atoms. The van der Waals surface area contributed by atoms with Crippen molar-refractivity contribution in [2.75, 3.05) is 40.9 Å². The number of hydrogen-bond acceptors (Lipinski definition) is 5. The second-order valence-corrected chi connectivity index (χ2v) is 30.2. The predicted octanol–water partition coefficient (Wildman–Crippen LogP) is 26.0. The van der Waals surface area contributed by atoms with Crippen LogP contribution in [0.4, 0.5) is 0 Å². The van der Waals surface area contributed by atoms with E-state index in [1.54, 1.807) is 6.08 Å². The molecular formula is C80H158N2O6P+. The number of quaternary nitrogens is 1. The van der Waals surface area contributed by atoms with Crippen molar-refractivity contribution in [3.8, 4) is 0 Å². The Morgan fingerprint density at radius 2 is 0.618 bits per heavy atom. The zero-order chi connectivity index (χ0) is 64.8. The molecule has 0 spiro atoms. The van der Waals surface area contributed by atoms with Crippen LogP contribution in [0.5, 0.6) is 0 Å². The van der Waals surface area contributed by atoms with Crippen LogP contribution in [0.1, 0.15) is 418 Å². The molecule has 3 atom stereocenters. The summed E-state index contributed by atoms with van der Waals surface area (Å²) in [7, 11) is 1.57. The molecule has 3 N–H and O–H groups in total. The van der Waals surface area contributed by atoms with Gasteiger partial charge in [0.1, 0.15) is 13.2 Å². The summed E-state index contributed by atoms with van der Waals surface area (Å²) in [6, 6.07) is -0.870. The molecule has 1 amide bonds. The van der Waals surface area contributed by atoms with Crippen molar-refractivity contribution in [1.29, 1.82) is 0 Å². The lowest BCUT2D eigenvalue weighted by Gasteiger charge is -2.25. The van der Waals surface area contributed by atoms with Crippen LogP contribution in [0.15, 0.2) is 36.5 Å². The maximum Gasteiger partial charge on any atom is 0.472 e. The summed E-state index contributed by atoms with van der Waals surface area (Å²) in [6.45, 7) is 4.86. The number of phosphoric ester groups is 1. The van der Waals surface area contributed by atoms with Gasteiger partial charge in [0.05, 0.1) is 39.9 Å². The van der Waals surface area contributed by atoms with Crippen LogP contribution < -0.4 is 5.32 Å². The van der Waals surface area contributed by atoms with Gasteiger partial charge in [0.25, 0.3) is 0 Å². The van der Waals surface area contributed by atoms with Crippen LogP contribution >= 0.6 is 7.82 Å². The number of unbranched alkanes of at least 4 members (excludes halogenated alkanes) is 58. The average molecular weight is 1280 g/mol. The molecule has 0 bridgehead atoms. The third kappa shape index (κ3) is 74.0. The van der Waals surface area contributed by atoms with Gasteiger partial charge in [0.2, 0.25) is 5.91 Å². The summed E-state index contributed by atoms with van der Waals surface area (Å²) in [5.74, 6) is -0.182. The third-order valence-electron chi connectivity index (χ3n) is 18.6. The van der Waals surface area contributed by atoms with Crippen LogP contribution in [0, 0.1) is 0 Å². The molecule has 0 aliphatic heterocycles. The van der Waals surface area contributed by atoms with E-state index in [4.69, 9.17) is 9.05 Å². The zero-order valence-electron chi connectivity index (χ0n) is 60.7. The van der Waals surface area contributed by atoms with E-state index < -0.39 is 20.0 Å². The summed E-state index contributed by atoms with van der Waals surface area (Å²) in [6.07, 6.45) is 96.4. The standard InChI is InChI=1S/C80H157N2O6P/c1-6-8-10-12-14-16-18-20-22-24-26-28-30-32-34-36-38-39-40-41-42-44-46-48-50-52-54-56-58-60-62-64-66-68-70-72-74-80(84)81-78(77-88-89(85,86)87-76-75-82(3,4)5)79(83)73-71-69-67-65-63-61-59-57-55-53-51-49-47-45-43-37-35-33-31-29-27-25-23-21-19-17-15-13-11-9-7-2/h55,57,63,65,71,73,78-79,83H,6-54,56,58-62,64,66-70,72,74-77H2,1-5H3,(H-,81,84,85,86)/p+1/b57-55+,65-63+,73-71+. The van der Waals surface area contributed by atoms with Crippen molar-refractivity contribution in [3.63, 3.8) is 0 Å². The number of nitrogens with one attached hydrogen (secondary N) is 1. The third-order valence-corrected chi connectivity index (χ3v) is 19.6. The Labute approximate surface area is 557 Å². The maximum atomic E-state index is 13.1. The van der Waals surface area contributed by atoms with E-state index in [-0.39, 0.29) is 19.1 Å². The monoisotopic (exact) mass is 1270 g/mol. The molecule has 0 heterocycles. The predicted molar refractivity (Wildman–Crippen MR) is 392 cm³/mol. The number of carbonyl (C=O) groups excluding carboxylic acids is 1. The number of hydrogen-bond donors (Lipinski definition) is 3. The number of aliphatic hydroxyl groups is 1. The molecule has 0 fully saturated rings. The van der Waals surface area contributed by atoms with Gasteiger partial charge in [-0.15, -0.1) is 0 Å². The molecule has 0 aromatic heterocycles. The first-order valence-corrected chi connectivity index (χ1v) is 41.4. The second-order valence-electron chi connectivity index (χ2n) is 28.8. The highest BCUT2D eigenvalue weighted by atomic mass is 31.2. The van der Waals surface area contributed by atoms with Crippen molar-refractivity contribution in [2.24, 2.45) is 0 Å². The van der Waals surface area contributed by atoms with Crippen molar-refractivity contribution in [3.05, 3.63) is 36.5 Å². The Bertz CT molecular complexity index is 1550. The fraction of sp³-hybridized carbons (Fsp3) is 0.912. The topological polar surface area (TPSA) is 105 Å². The van der Waals surface area contributed by atoms with Gasteiger partial charge in [-0.05, 0) is 44.9 Å². The summed E-state index contributed by atoms with van der Waals surface area (Å²) >= 11 is 0. The first-order chi connectivity index (χ1) is 43.5. The summed E-state index contributed by atoms with van der Waals surface area (Å²) in [5, 5.41) is 14.0. The van der Waals surface area contributed by atoms with Gasteiger partial charge in [-0.2, -0.15) is 0 Å². The number of amides is 1. The van der Waals surface area contributed by atoms with Crippen LogP contribution in [0.2, 0.25) is 0 Å². The highest BCUT2D eigenvalue weighted by Crippen LogP contribution is 2.43. The molecule has 0 aromatic carbocycles. The molecule has 0 radical (unpaired) electrons. The fourth-order valence-electron chi connectivity index (χ4n) is 12.4. The first-order valence-electron chi connectivity index (χ1n) is 39.9. The van der Waals surface area contributed by atoms with E-state index in [9.17, 15) is 19.4 Å². The summed E-state index contributed by atoms with van der Waals surface area (Å²) < 4.78 is 23.8. The molecule has 0 saturated carbocycles. The number of phosphoric acid groups is 1. The van der Waals surface area contributed by atoms with Crippen molar-refractivity contribution in [1.82, 2.24) is 5.32 Å². The lowest BCUT2D eigenvalue weighted by molar-refractivity contribution is -0.870. The highest BCUT2D eigenvalue weighted by Gasteiger charge is 2.28. The number of aliphatic hydroxyl groups excluding tert-OH is 1.